The number of aromatic nitrogens is 1. The minimum Gasteiger partial charge on any atom is -0.378 e. The fourth-order valence-corrected chi connectivity index (χ4v) is 2.87. The summed E-state index contributed by atoms with van der Waals surface area (Å²) in [4.78, 5) is 14.4. The lowest BCUT2D eigenvalue weighted by Gasteiger charge is -2.16. The van der Waals surface area contributed by atoms with Gasteiger partial charge in [0, 0.05) is 25.3 Å². The predicted molar refractivity (Wildman–Crippen MR) is 72.6 cm³/mol. The number of hydrogen-bond acceptors (Lipinski definition) is 4. The third-order valence-corrected chi connectivity index (χ3v) is 4.40. The molecule has 1 aliphatic rings. The van der Waals surface area contributed by atoms with Crippen molar-refractivity contribution in [1.29, 1.82) is 0 Å². The van der Waals surface area contributed by atoms with Crippen LogP contribution in [-0.2, 0) is 14.8 Å². The van der Waals surface area contributed by atoms with Gasteiger partial charge in [-0.05, 0) is 18.9 Å². The quantitative estimate of drug-likeness (QED) is 0.721. The number of aromatic amines is 1. The van der Waals surface area contributed by atoms with Crippen molar-refractivity contribution in [1.82, 2.24) is 10.3 Å². The molecule has 1 aliphatic heterocycles. The van der Waals surface area contributed by atoms with Crippen molar-refractivity contribution in [3.05, 3.63) is 18.0 Å². The van der Waals surface area contributed by atoms with Crippen molar-refractivity contribution < 1.29 is 17.9 Å². The minimum absolute atomic E-state index is 0.0988. The van der Waals surface area contributed by atoms with Crippen LogP contribution in [0.3, 0.4) is 0 Å². The molecule has 4 N–H and O–H groups in total. The molecule has 2 unspecified atom stereocenters. The molecule has 8 heteroatoms. The standard InChI is InChI=1S/C12H19N3O4S/c1-2-11-8(3-4-19-11)6-15-12(16)10-5-9(7-14-10)20(13,17)18/h5,7-8,11,14H,2-4,6H2,1H3,(H,15,16)(H2,13,17,18). The zero-order chi connectivity index (χ0) is 14.8. The third kappa shape index (κ3) is 3.38. The van der Waals surface area contributed by atoms with Crippen LogP contribution in [0.25, 0.3) is 0 Å². The first-order valence-electron chi connectivity index (χ1n) is 6.53. The number of nitrogens with two attached hydrogens (primary N) is 1. The van der Waals surface area contributed by atoms with E-state index in [9.17, 15) is 13.2 Å². The van der Waals surface area contributed by atoms with E-state index in [1.807, 2.05) is 6.92 Å². The summed E-state index contributed by atoms with van der Waals surface area (Å²) in [5, 5.41) is 7.77. The molecule has 1 amide bonds. The van der Waals surface area contributed by atoms with Gasteiger partial charge in [0.25, 0.3) is 5.91 Å². The fraction of sp³-hybridized carbons (Fsp3) is 0.583. The molecule has 0 spiro atoms. The Kier molecular flexibility index (Phi) is 4.46. The summed E-state index contributed by atoms with van der Waals surface area (Å²) in [5.74, 6) is -0.0433. The molecule has 2 atom stereocenters. The Hall–Kier alpha value is -1.38. The van der Waals surface area contributed by atoms with E-state index in [4.69, 9.17) is 9.88 Å². The van der Waals surface area contributed by atoms with Crippen molar-refractivity contribution in [3.63, 3.8) is 0 Å². The third-order valence-electron chi connectivity index (χ3n) is 3.50. The van der Waals surface area contributed by atoms with E-state index in [0.717, 1.165) is 19.4 Å². The summed E-state index contributed by atoms with van der Waals surface area (Å²) < 4.78 is 27.8. The zero-order valence-corrected chi connectivity index (χ0v) is 12.1. The van der Waals surface area contributed by atoms with Gasteiger partial charge in [-0.3, -0.25) is 4.79 Å². The average Bonchev–Trinajstić information content (AvgIpc) is 3.03. The van der Waals surface area contributed by atoms with Gasteiger partial charge in [-0.1, -0.05) is 6.92 Å². The normalized spacial score (nSPS) is 22.9. The van der Waals surface area contributed by atoms with Crippen LogP contribution in [0.4, 0.5) is 0 Å². The maximum Gasteiger partial charge on any atom is 0.267 e. The van der Waals surface area contributed by atoms with E-state index >= 15 is 0 Å². The molecule has 0 radical (unpaired) electrons. The second kappa shape index (κ2) is 5.94. The lowest BCUT2D eigenvalue weighted by Crippen LogP contribution is -2.32. The summed E-state index contributed by atoms with van der Waals surface area (Å²) in [6.45, 7) is 3.28. The van der Waals surface area contributed by atoms with Crippen LogP contribution in [0, 0.1) is 5.92 Å². The average molecular weight is 301 g/mol. The first kappa shape index (κ1) is 15.0. The lowest BCUT2D eigenvalue weighted by atomic mass is 10.00. The van der Waals surface area contributed by atoms with Crippen molar-refractivity contribution in [2.75, 3.05) is 13.2 Å². The first-order valence-corrected chi connectivity index (χ1v) is 8.07. The Morgan fingerprint density at radius 1 is 1.60 bits per heavy atom. The Morgan fingerprint density at radius 2 is 2.35 bits per heavy atom. The van der Waals surface area contributed by atoms with Crippen LogP contribution in [0.2, 0.25) is 0 Å². The van der Waals surface area contributed by atoms with Gasteiger partial charge in [0.2, 0.25) is 10.0 Å². The Morgan fingerprint density at radius 3 is 2.95 bits per heavy atom. The summed E-state index contributed by atoms with van der Waals surface area (Å²) in [6.07, 6.45) is 3.22. The molecule has 7 nitrogen and oxygen atoms in total. The highest BCUT2D eigenvalue weighted by Gasteiger charge is 2.27. The van der Waals surface area contributed by atoms with Gasteiger partial charge in [-0.2, -0.15) is 0 Å². The molecule has 1 saturated heterocycles. The SMILES string of the molecule is CCC1OCCC1CNC(=O)c1cc(S(N)(=O)=O)c[nH]1. The van der Waals surface area contributed by atoms with Gasteiger partial charge < -0.3 is 15.0 Å². The number of carbonyl (C=O) groups is 1. The highest BCUT2D eigenvalue weighted by Crippen LogP contribution is 2.22. The molecule has 0 bridgehead atoms. The Labute approximate surface area is 117 Å². The molecule has 0 aromatic carbocycles. The topological polar surface area (TPSA) is 114 Å². The number of nitrogens with one attached hydrogen (secondary N) is 2. The molecule has 2 rings (SSSR count). The molecule has 0 aliphatic carbocycles. The highest BCUT2D eigenvalue weighted by atomic mass is 32.2. The summed E-state index contributed by atoms with van der Waals surface area (Å²) >= 11 is 0. The van der Waals surface area contributed by atoms with E-state index in [0.29, 0.717) is 12.5 Å². The van der Waals surface area contributed by atoms with E-state index < -0.39 is 10.0 Å². The van der Waals surface area contributed by atoms with E-state index in [1.54, 1.807) is 0 Å². The predicted octanol–water partition coefficient (Wildman–Crippen LogP) is 0.207. The van der Waals surface area contributed by atoms with E-state index in [2.05, 4.69) is 10.3 Å². The van der Waals surface area contributed by atoms with Gasteiger partial charge in [0.05, 0.1) is 11.0 Å². The highest BCUT2D eigenvalue weighted by molar-refractivity contribution is 7.89. The van der Waals surface area contributed by atoms with Crippen LogP contribution < -0.4 is 10.5 Å². The van der Waals surface area contributed by atoms with Gasteiger partial charge in [0.15, 0.2) is 0 Å². The number of rotatable bonds is 5. The number of hydrogen-bond donors (Lipinski definition) is 3. The lowest BCUT2D eigenvalue weighted by molar-refractivity contribution is 0.0825. The molecule has 1 fully saturated rings. The molecule has 1 aromatic heterocycles. The van der Waals surface area contributed by atoms with E-state index in [-0.39, 0.29) is 22.6 Å². The van der Waals surface area contributed by atoms with Crippen molar-refractivity contribution >= 4 is 15.9 Å². The van der Waals surface area contributed by atoms with Crippen LogP contribution in [0.5, 0.6) is 0 Å². The number of ether oxygens (including phenoxy) is 1. The van der Waals surface area contributed by atoms with Gasteiger partial charge in [-0.15, -0.1) is 0 Å². The van der Waals surface area contributed by atoms with Gasteiger partial charge >= 0.3 is 0 Å². The van der Waals surface area contributed by atoms with Crippen molar-refractivity contribution in [2.24, 2.45) is 11.1 Å². The Balaban J connectivity index is 1.94. The molecule has 1 aromatic rings. The fourth-order valence-electron chi connectivity index (χ4n) is 2.37. The van der Waals surface area contributed by atoms with Crippen molar-refractivity contribution in [3.8, 4) is 0 Å². The number of sulfonamides is 1. The van der Waals surface area contributed by atoms with Crippen LogP contribution in [-0.4, -0.2) is 38.6 Å². The van der Waals surface area contributed by atoms with Crippen LogP contribution in [0.15, 0.2) is 17.2 Å². The summed E-state index contributed by atoms with van der Waals surface area (Å²) in [7, 11) is -3.79. The zero-order valence-electron chi connectivity index (χ0n) is 11.3. The number of amides is 1. The van der Waals surface area contributed by atoms with Crippen molar-refractivity contribution in [2.45, 2.75) is 30.8 Å². The molecule has 2 heterocycles. The Bertz CT molecular complexity index is 581. The molecule has 112 valence electrons. The largest absolute Gasteiger partial charge is 0.378 e. The number of H-pyrrole nitrogens is 1. The number of primary sulfonamides is 1. The number of carbonyl (C=O) groups excluding carboxylic acids is 1. The van der Waals surface area contributed by atoms with Crippen LogP contribution in [0.1, 0.15) is 30.3 Å². The minimum atomic E-state index is -3.79. The second-order valence-electron chi connectivity index (χ2n) is 4.87. The maximum absolute atomic E-state index is 11.9. The van der Waals surface area contributed by atoms with Gasteiger partial charge in [-0.25, -0.2) is 13.6 Å². The molecule has 20 heavy (non-hydrogen) atoms. The first-order chi connectivity index (χ1) is 9.41. The monoisotopic (exact) mass is 301 g/mol. The van der Waals surface area contributed by atoms with Gasteiger partial charge in [0.1, 0.15) is 5.69 Å². The second-order valence-corrected chi connectivity index (χ2v) is 6.43. The summed E-state index contributed by atoms with van der Waals surface area (Å²) in [6, 6.07) is 1.23. The van der Waals surface area contributed by atoms with E-state index in [1.165, 1.54) is 12.3 Å². The molecular weight excluding hydrogens is 282 g/mol. The van der Waals surface area contributed by atoms with Crippen LogP contribution >= 0.6 is 0 Å². The smallest absolute Gasteiger partial charge is 0.267 e. The molecular formula is C12H19N3O4S. The maximum atomic E-state index is 11.9. The summed E-state index contributed by atoms with van der Waals surface area (Å²) in [5.41, 5.74) is 0.181. The molecule has 0 saturated carbocycles.